The van der Waals surface area contributed by atoms with Gasteiger partial charge in [-0.25, -0.2) is 4.98 Å². The fourth-order valence-corrected chi connectivity index (χ4v) is 3.89. The second-order valence-electron chi connectivity index (χ2n) is 5.06. The summed E-state index contributed by atoms with van der Waals surface area (Å²) in [6, 6.07) is 9.12. The summed E-state index contributed by atoms with van der Waals surface area (Å²) in [7, 11) is 0. The van der Waals surface area contributed by atoms with Gasteiger partial charge in [0, 0.05) is 18.2 Å². The van der Waals surface area contributed by atoms with E-state index in [1.807, 2.05) is 0 Å². The molecule has 2 aromatic rings. The lowest BCUT2D eigenvalue weighted by Crippen LogP contribution is -2.24. The normalized spacial score (nSPS) is 12.5. The number of aryl methyl sites for hydroxylation is 2. The molecule has 1 atom stereocenters. The Labute approximate surface area is 135 Å². The number of rotatable bonds is 8. The summed E-state index contributed by atoms with van der Waals surface area (Å²) in [6.07, 6.45) is 2.05. The van der Waals surface area contributed by atoms with Crippen molar-refractivity contribution < 1.29 is 0 Å². The van der Waals surface area contributed by atoms with E-state index in [1.54, 1.807) is 11.8 Å². The second-order valence-corrected chi connectivity index (χ2v) is 7.08. The van der Waals surface area contributed by atoms with E-state index < -0.39 is 0 Å². The van der Waals surface area contributed by atoms with Gasteiger partial charge in [0.2, 0.25) is 0 Å². The highest BCUT2D eigenvalue weighted by Gasteiger charge is 2.13. The van der Waals surface area contributed by atoms with Crippen molar-refractivity contribution in [2.24, 2.45) is 0 Å². The first-order chi connectivity index (χ1) is 10.2. The molecular formula is C16H23N3S2. The molecule has 0 aliphatic rings. The van der Waals surface area contributed by atoms with Crippen molar-refractivity contribution in [1.29, 1.82) is 0 Å². The number of aromatic nitrogens is 2. The summed E-state index contributed by atoms with van der Waals surface area (Å²) in [4.78, 5) is 4.53. The minimum absolute atomic E-state index is 0.365. The Morgan fingerprint density at radius 2 is 2.19 bits per heavy atom. The van der Waals surface area contributed by atoms with Crippen molar-refractivity contribution in [3.63, 3.8) is 0 Å². The predicted molar refractivity (Wildman–Crippen MR) is 92.2 cm³/mol. The van der Waals surface area contributed by atoms with E-state index >= 15 is 0 Å². The summed E-state index contributed by atoms with van der Waals surface area (Å²) in [5.74, 6) is 1.94. The number of thioether (sulfide) groups is 1. The zero-order valence-electron chi connectivity index (χ0n) is 12.9. The van der Waals surface area contributed by atoms with E-state index in [-0.39, 0.29) is 0 Å². The summed E-state index contributed by atoms with van der Waals surface area (Å²) >= 11 is 3.31. The van der Waals surface area contributed by atoms with Crippen LogP contribution in [0.5, 0.6) is 0 Å². The molecule has 1 heterocycles. The van der Waals surface area contributed by atoms with Gasteiger partial charge in [-0.15, -0.1) is 0 Å². The van der Waals surface area contributed by atoms with Gasteiger partial charge < -0.3 is 5.32 Å². The standard InChI is InChI=1S/C16H23N3S2/c1-4-9-17-14(13-8-6-7-12(3)10-13)11-20-16-18-15(5-2)19-21-16/h6-8,10,14,17H,4-5,9,11H2,1-3H3. The Morgan fingerprint density at radius 1 is 1.33 bits per heavy atom. The molecule has 114 valence electrons. The fourth-order valence-electron chi connectivity index (χ4n) is 2.07. The number of hydrogen-bond acceptors (Lipinski definition) is 5. The largest absolute Gasteiger partial charge is 0.309 e. The zero-order chi connectivity index (χ0) is 15.1. The predicted octanol–water partition coefficient (Wildman–Crippen LogP) is 4.24. The van der Waals surface area contributed by atoms with E-state index in [2.05, 4.69) is 59.7 Å². The van der Waals surface area contributed by atoms with Gasteiger partial charge in [-0.2, -0.15) is 4.37 Å². The summed E-state index contributed by atoms with van der Waals surface area (Å²) < 4.78 is 5.42. The molecule has 0 amide bonds. The summed E-state index contributed by atoms with van der Waals surface area (Å²) in [5.41, 5.74) is 2.67. The molecule has 1 N–H and O–H groups in total. The number of hydrogen-bond donors (Lipinski definition) is 1. The van der Waals surface area contributed by atoms with Crippen LogP contribution in [0.25, 0.3) is 0 Å². The fraction of sp³-hybridized carbons (Fsp3) is 0.500. The molecule has 5 heteroatoms. The van der Waals surface area contributed by atoms with Crippen LogP contribution in [-0.2, 0) is 6.42 Å². The highest BCUT2D eigenvalue weighted by atomic mass is 32.2. The average molecular weight is 322 g/mol. The number of benzene rings is 1. The van der Waals surface area contributed by atoms with Crippen LogP contribution >= 0.6 is 23.3 Å². The summed E-state index contributed by atoms with van der Waals surface area (Å²) in [5, 5.41) is 3.64. The van der Waals surface area contributed by atoms with Crippen LogP contribution in [0.2, 0.25) is 0 Å². The Balaban J connectivity index is 2.02. The van der Waals surface area contributed by atoms with Crippen LogP contribution < -0.4 is 5.32 Å². The smallest absolute Gasteiger partial charge is 0.170 e. The number of nitrogens with zero attached hydrogens (tertiary/aromatic N) is 2. The molecule has 1 aromatic carbocycles. The van der Waals surface area contributed by atoms with Crippen molar-refractivity contribution in [2.45, 2.75) is 44.0 Å². The van der Waals surface area contributed by atoms with Crippen molar-refractivity contribution in [1.82, 2.24) is 14.7 Å². The lowest BCUT2D eigenvalue weighted by atomic mass is 10.1. The molecule has 0 aliphatic carbocycles. The van der Waals surface area contributed by atoms with Crippen LogP contribution in [0.1, 0.15) is 43.3 Å². The maximum Gasteiger partial charge on any atom is 0.170 e. The minimum Gasteiger partial charge on any atom is -0.309 e. The van der Waals surface area contributed by atoms with Crippen LogP contribution in [0.4, 0.5) is 0 Å². The molecule has 21 heavy (non-hydrogen) atoms. The van der Waals surface area contributed by atoms with Gasteiger partial charge in [0.05, 0.1) is 0 Å². The summed E-state index contributed by atoms with van der Waals surface area (Å²) in [6.45, 7) is 7.47. The molecule has 0 saturated carbocycles. The average Bonchev–Trinajstić information content (AvgIpc) is 2.95. The van der Waals surface area contributed by atoms with Crippen molar-refractivity contribution in [3.05, 3.63) is 41.2 Å². The maximum absolute atomic E-state index is 4.53. The quantitative estimate of drug-likeness (QED) is 0.738. The van der Waals surface area contributed by atoms with Gasteiger partial charge >= 0.3 is 0 Å². The van der Waals surface area contributed by atoms with Gasteiger partial charge in [0.1, 0.15) is 5.82 Å². The first-order valence-electron chi connectivity index (χ1n) is 7.48. The maximum atomic E-state index is 4.53. The highest BCUT2D eigenvalue weighted by Crippen LogP contribution is 2.26. The van der Waals surface area contributed by atoms with Gasteiger partial charge in [-0.3, -0.25) is 0 Å². The van der Waals surface area contributed by atoms with Gasteiger partial charge in [-0.1, -0.05) is 55.4 Å². The molecule has 1 unspecified atom stereocenters. The van der Waals surface area contributed by atoms with Crippen LogP contribution in [0, 0.1) is 6.92 Å². The van der Waals surface area contributed by atoms with E-state index in [9.17, 15) is 0 Å². The third-order valence-electron chi connectivity index (χ3n) is 3.22. The Kier molecular flexibility index (Phi) is 6.67. The van der Waals surface area contributed by atoms with E-state index in [0.717, 1.165) is 35.3 Å². The minimum atomic E-state index is 0.365. The van der Waals surface area contributed by atoms with Crippen molar-refractivity contribution in [3.8, 4) is 0 Å². The topological polar surface area (TPSA) is 37.8 Å². The van der Waals surface area contributed by atoms with Gasteiger partial charge in [0.25, 0.3) is 0 Å². The van der Waals surface area contributed by atoms with E-state index in [0.29, 0.717) is 6.04 Å². The zero-order valence-corrected chi connectivity index (χ0v) is 14.6. The Bertz CT molecular complexity index is 554. The van der Waals surface area contributed by atoms with E-state index in [1.165, 1.54) is 22.7 Å². The molecule has 0 spiro atoms. The highest BCUT2D eigenvalue weighted by molar-refractivity contribution is 8.00. The Hall–Kier alpha value is -0.910. The molecule has 3 nitrogen and oxygen atoms in total. The van der Waals surface area contributed by atoms with Gasteiger partial charge in [-0.05, 0) is 37.0 Å². The van der Waals surface area contributed by atoms with E-state index in [4.69, 9.17) is 0 Å². The van der Waals surface area contributed by atoms with Gasteiger partial charge in [0.15, 0.2) is 4.34 Å². The lowest BCUT2D eigenvalue weighted by Gasteiger charge is -2.18. The molecule has 0 aliphatic heterocycles. The SMILES string of the molecule is CCCNC(CSc1nc(CC)ns1)c1cccc(C)c1. The number of nitrogens with one attached hydrogen (secondary N) is 1. The lowest BCUT2D eigenvalue weighted by molar-refractivity contribution is 0.577. The molecule has 0 bridgehead atoms. The first-order valence-corrected chi connectivity index (χ1v) is 9.24. The van der Waals surface area contributed by atoms with Crippen LogP contribution in [0.15, 0.2) is 28.6 Å². The van der Waals surface area contributed by atoms with Crippen molar-refractivity contribution in [2.75, 3.05) is 12.3 Å². The first kappa shape index (κ1) is 16.5. The molecule has 2 rings (SSSR count). The third-order valence-corrected chi connectivity index (χ3v) is 5.19. The molecule has 0 fully saturated rings. The molecule has 0 saturated heterocycles. The molecule has 1 aromatic heterocycles. The van der Waals surface area contributed by atoms with Crippen molar-refractivity contribution >= 4 is 23.3 Å². The third kappa shape index (κ3) is 5.09. The van der Waals surface area contributed by atoms with Crippen LogP contribution in [-0.4, -0.2) is 21.7 Å². The Morgan fingerprint density at radius 3 is 2.86 bits per heavy atom. The molecular weight excluding hydrogens is 298 g/mol. The molecule has 0 radical (unpaired) electrons. The van der Waals surface area contributed by atoms with Crippen LogP contribution in [0.3, 0.4) is 0 Å². The second kappa shape index (κ2) is 8.51. The monoisotopic (exact) mass is 321 g/mol.